The van der Waals surface area contributed by atoms with Gasteiger partial charge in [-0.15, -0.1) is 0 Å². The van der Waals surface area contributed by atoms with Gasteiger partial charge in [0.2, 0.25) is 0 Å². The molecule has 0 aliphatic carbocycles. The number of hydrogen-bond acceptors (Lipinski definition) is 16. The smallest absolute Gasteiger partial charge is 0.104 e. The number of anilines is 24. The minimum absolute atomic E-state index is 0.165. The van der Waals surface area contributed by atoms with Crippen LogP contribution in [0.25, 0.3) is 0 Å². The molecule has 0 bridgehead atoms. The first-order valence-corrected chi connectivity index (χ1v) is 46.1. The van der Waals surface area contributed by atoms with Gasteiger partial charge in [-0.05, 0) is 356 Å². The normalized spacial score (nSPS) is 21.2. The summed E-state index contributed by atoms with van der Waals surface area (Å²) in [5.74, 6) is 0. The lowest BCUT2D eigenvalue weighted by Crippen LogP contribution is -2.43. The van der Waals surface area contributed by atoms with Crippen molar-refractivity contribution < 1.29 is 13.7 Å². The summed E-state index contributed by atoms with van der Waals surface area (Å²) in [4.78, 5) is 35.9. The van der Waals surface area contributed by atoms with Crippen LogP contribution in [0.4, 0.5) is 136 Å². The Bertz CT molecular complexity index is 6390. The van der Waals surface area contributed by atoms with Gasteiger partial charge in [0, 0.05) is 111 Å². The van der Waals surface area contributed by atoms with Crippen LogP contribution >= 0.6 is 0 Å². The maximum Gasteiger partial charge on any atom is 0.104 e. The second kappa shape index (κ2) is 34.9. The molecule has 12 aromatic rings. The molecule has 8 aliphatic heterocycles. The molecule has 0 unspecified atom stereocenters. The fourth-order valence-electron chi connectivity index (χ4n) is 22.1. The van der Waals surface area contributed by atoms with Crippen molar-refractivity contribution in [2.45, 2.75) is 228 Å². The molecule has 8 heterocycles. The first-order chi connectivity index (χ1) is 65.4. The highest BCUT2D eigenvalue weighted by Crippen LogP contribution is 2.57. The van der Waals surface area contributed by atoms with Gasteiger partial charge < -0.3 is 78.4 Å². The van der Waals surface area contributed by atoms with E-state index in [0.717, 1.165) is 86.5 Å². The topological polar surface area (TPSA) is 51.8 Å². The summed E-state index contributed by atoms with van der Waals surface area (Å²) < 4.78 is 82.6. The molecule has 0 aromatic heterocycles. The monoisotopic (exact) mass is 1720 g/mol. The van der Waals surface area contributed by atoms with E-state index in [0.29, 0.717) is 17.8 Å². The molecule has 16 nitrogen and oxygen atoms in total. The number of benzene rings is 12. The molecular formula is C112H136N16. The quantitative estimate of drug-likeness (QED) is 0.104. The number of para-hydroxylation sites is 16. The molecule has 0 saturated carbocycles. The van der Waals surface area contributed by atoms with Crippen molar-refractivity contribution in [3.63, 3.8) is 0 Å². The summed E-state index contributed by atoms with van der Waals surface area (Å²) in [5, 5.41) is 0. The SMILES string of the molecule is CCN1c2ccccc2N(c2cc(C)cc(N3c4ccccc4N(CC)[C@@H]3C)c2C)[C@@H]1C.Cc1cc(N2c3ccccc3N(C(C)C)[C@@H]2C)c(C)c(N2c3ccccc3N(C(C)C)[C@H]2C)c1.[2H]C([2H])(C)N1c2ccccc2N(c2cc(C)cc(N3c4ccccc4N(C([2H])([2H])C([2H])([2H])[2H])[C@@H]3C)c2C)[C@@H]1C.[2H]C([2H])([2H])N1c2ccccc2N(c2cc(C)cc(N3c4ccccc4N(C)[C@H]3C)c2C)[C@H]1C. The fraction of sp³-hybridized carbons (Fsp3) is 0.357. The Morgan fingerprint density at radius 2 is 0.438 bits per heavy atom. The van der Waals surface area contributed by atoms with Crippen LogP contribution < -0.4 is 78.4 Å². The molecule has 128 heavy (non-hydrogen) atoms. The van der Waals surface area contributed by atoms with Gasteiger partial charge in [-0.3, -0.25) is 0 Å². The van der Waals surface area contributed by atoms with Crippen LogP contribution in [0.1, 0.15) is 169 Å². The third-order valence-corrected chi connectivity index (χ3v) is 28.1. The average molecular weight is 1720 g/mol. The summed E-state index contributed by atoms with van der Waals surface area (Å²) in [5.41, 5.74) is 36.1. The van der Waals surface area contributed by atoms with E-state index < -0.39 is 33.0 Å². The van der Waals surface area contributed by atoms with Crippen molar-refractivity contribution >= 4 is 136 Å². The molecule has 8 aliphatic rings. The Hall–Kier alpha value is -12.6. The molecule has 0 N–H and O–H groups in total. The lowest BCUT2D eigenvalue weighted by Gasteiger charge is -2.36. The Balaban J connectivity index is 0.000000128. The van der Waals surface area contributed by atoms with E-state index in [1.807, 2.05) is 106 Å². The van der Waals surface area contributed by atoms with Crippen LogP contribution in [0, 0.1) is 55.4 Å². The minimum atomic E-state index is -2.85. The lowest BCUT2D eigenvalue weighted by molar-refractivity contribution is 0.603. The van der Waals surface area contributed by atoms with Gasteiger partial charge in [0.05, 0.1) is 91.0 Å². The van der Waals surface area contributed by atoms with Crippen LogP contribution in [0.3, 0.4) is 0 Å². The predicted octanol–water partition coefficient (Wildman–Crippen LogP) is 27.8. The van der Waals surface area contributed by atoms with Gasteiger partial charge >= 0.3 is 0 Å². The van der Waals surface area contributed by atoms with Crippen LogP contribution in [0.5, 0.6) is 0 Å². The predicted molar refractivity (Wildman–Crippen MR) is 552 cm³/mol. The summed E-state index contributed by atoms with van der Waals surface area (Å²) in [6.07, 6.45) is -0.0344. The highest BCUT2D eigenvalue weighted by atomic mass is 15.5. The number of hydrogen-bond donors (Lipinski definition) is 0. The first-order valence-electron chi connectivity index (χ1n) is 51.1. The molecule has 0 amide bonds. The third kappa shape index (κ3) is 14.4. The average Bonchev–Trinajstić information content (AvgIpc) is 1.59. The molecule has 20 rings (SSSR count). The van der Waals surface area contributed by atoms with Gasteiger partial charge in [0.1, 0.15) is 49.3 Å². The van der Waals surface area contributed by atoms with Crippen molar-refractivity contribution in [3.8, 4) is 0 Å². The summed E-state index contributed by atoms with van der Waals surface area (Å²) in [6.45, 7) is 42.5. The summed E-state index contributed by atoms with van der Waals surface area (Å²) in [7, 11) is 2.13. The zero-order valence-corrected chi connectivity index (χ0v) is 79.4. The van der Waals surface area contributed by atoms with E-state index >= 15 is 0 Å². The highest BCUT2D eigenvalue weighted by Gasteiger charge is 2.44. The van der Waals surface area contributed by atoms with E-state index in [1.54, 1.807) is 28.9 Å². The second-order valence-corrected chi connectivity index (χ2v) is 36.3. The van der Waals surface area contributed by atoms with E-state index in [-0.39, 0.29) is 43.2 Å². The molecule has 16 heteroatoms. The minimum Gasteiger partial charge on any atom is -0.353 e. The number of fused-ring (bicyclic) bond motifs is 8. The van der Waals surface area contributed by atoms with Crippen molar-refractivity contribution in [3.05, 3.63) is 287 Å². The molecule has 12 aromatic carbocycles. The number of rotatable bonds is 14. The molecule has 0 fully saturated rings. The van der Waals surface area contributed by atoms with Gasteiger partial charge in [0.25, 0.3) is 0 Å². The molecule has 8 atom stereocenters. The molecule has 0 spiro atoms. The van der Waals surface area contributed by atoms with Gasteiger partial charge in [-0.25, -0.2) is 0 Å². The highest BCUT2D eigenvalue weighted by molar-refractivity contribution is 5.96. The Morgan fingerprint density at radius 3 is 0.688 bits per heavy atom. The lowest BCUT2D eigenvalue weighted by atomic mass is 10.0. The second-order valence-electron chi connectivity index (χ2n) is 36.3. The molecule has 0 saturated heterocycles. The summed E-state index contributed by atoms with van der Waals surface area (Å²) in [6, 6.07) is 85.6. The van der Waals surface area contributed by atoms with E-state index in [4.69, 9.17) is 13.7 Å². The maximum absolute atomic E-state index is 8.61. The van der Waals surface area contributed by atoms with Crippen molar-refractivity contribution in [2.75, 3.05) is 119 Å². The van der Waals surface area contributed by atoms with Crippen LogP contribution in [0.15, 0.2) is 243 Å². The zero-order valence-electron chi connectivity index (χ0n) is 89.4. The van der Waals surface area contributed by atoms with Crippen LogP contribution in [-0.2, 0) is 0 Å². The third-order valence-electron chi connectivity index (χ3n) is 28.1. The first kappa shape index (κ1) is 75.6. The van der Waals surface area contributed by atoms with Crippen molar-refractivity contribution in [1.29, 1.82) is 0 Å². The standard InChI is InChI=1S/C30H38N4.2C28H34N4.C26H30N4/c1-19(2)31-23(7)33(27-15-11-9-13-25(27)31)29-17-21(5)18-30(22(29)6)34-24(8)32(20(3)4)26-14-10-12-16-28(26)34;2*1-7-29-21(5)31(25-15-11-9-13-23(25)29)27-17-19(3)18-28(20(27)4)32-22(6)30(8-2)24-14-10-12-16-26(24)32;1-17-15-25(29-19(3)27(5)21-11-7-9-13-23(21)29)18(2)26(16-17)30-20(4)28(6)22-12-8-10-14-24(22)30/h9-20,23-24H,1-8H3;2*9-18,21-22H,7-8H2,1-6H3;7-16,19-20H,1-6H3/t23-,24+;2*21-,22+;19-,20+/i;1D3,7D2,8D2;;5D3/m.0.0/s1. The Morgan fingerprint density at radius 1 is 0.242 bits per heavy atom. The molecule has 0 radical (unpaired) electrons. The van der Waals surface area contributed by atoms with Crippen molar-refractivity contribution in [1.82, 2.24) is 0 Å². The maximum atomic E-state index is 8.61. The van der Waals surface area contributed by atoms with Crippen LogP contribution in [-0.4, -0.2) is 102 Å². The van der Waals surface area contributed by atoms with Gasteiger partial charge in [-0.1, -0.05) is 97.1 Å². The Kier molecular flexibility index (Phi) is 20.6. The zero-order chi connectivity index (χ0) is 99.2. The Labute approximate surface area is 779 Å². The van der Waals surface area contributed by atoms with Crippen molar-refractivity contribution in [2.24, 2.45) is 0 Å². The van der Waals surface area contributed by atoms with E-state index in [2.05, 4.69) is 347 Å². The molecular weight excluding hydrogens is 1570 g/mol. The largest absolute Gasteiger partial charge is 0.353 e. The summed E-state index contributed by atoms with van der Waals surface area (Å²) >= 11 is 0. The van der Waals surface area contributed by atoms with Gasteiger partial charge in [0.15, 0.2) is 0 Å². The van der Waals surface area contributed by atoms with Gasteiger partial charge in [-0.2, -0.15) is 0 Å². The fourth-order valence-corrected chi connectivity index (χ4v) is 22.1. The number of nitrogens with zero attached hydrogens (tertiary/aromatic N) is 16. The molecule has 664 valence electrons. The van der Waals surface area contributed by atoms with Crippen LogP contribution in [0.2, 0.25) is 0 Å². The van der Waals surface area contributed by atoms with E-state index in [1.165, 1.54) is 107 Å². The van der Waals surface area contributed by atoms with E-state index in [9.17, 15) is 0 Å². The number of aryl methyl sites for hydroxylation is 4.